The van der Waals surface area contributed by atoms with Gasteiger partial charge in [-0.2, -0.15) is 0 Å². The molecule has 4 heteroatoms. The van der Waals surface area contributed by atoms with Crippen molar-refractivity contribution >= 4 is 0 Å². The van der Waals surface area contributed by atoms with E-state index in [-0.39, 0.29) is 11.0 Å². The molecule has 1 fully saturated rings. The van der Waals surface area contributed by atoms with Gasteiger partial charge in [-0.25, -0.2) is 4.98 Å². The molecule has 2 aromatic heterocycles. The fourth-order valence-electron chi connectivity index (χ4n) is 4.46. The zero-order valence-corrected chi connectivity index (χ0v) is 16.1. The van der Waals surface area contributed by atoms with Gasteiger partial charge in [0.15, 0.2) is 0 Å². The molecule has 0 radical (unpaired) electrons. The van der Waals surface area contributed by atoms with Crippen LogP contribution in [0.25, 0.3) is 11.4 Å². The summed E-state index contributed by atoms with van der Waals surface area (Å²) >= 11 is 0. The number of imidazole rings is 1. The van der Waals surface area contributed by atoms with E-state index in [1.807, 2.05) is 30.7 Å². The van der Waals surface area contributed by atoms with Crippen LogP contribution in [0.15, 0.2) is 67.3 Å². The summed E-state index contributed by atoms with van der Waals surface area (Å²) in [4.78, 5) is 8.70. The van der Waals surface area contributed by atoms with Crippen LogP contribution in [0.5, 0.6) is 0 Å². The first-order valence-electron chi connectivity index (χ1n) is 9.69. The predicted octanol–water partition coefficient (Wildman–Crippen LogP) is 4.86. The number of aromatic nitrogens is 3. The van der Waals surface area contributed by atoms with E-state index in [1.165, 1.54) is 5.56 Å². The van der Waals surface area contributed by atoms with E-state index in [0.29, 0.717) is 0 Å². The highest BCUT2D eigenvalue weighted by molar-refractivity contribution is 5.54. The molecule has 0 aliphatic carbocycles. The second-order valence-electron chi connectivity index (χ2n) is 8.11. The van der Waals surface area contributed by atoms with Crippen LogP contribution in [0.3, 0.4) is 0 Å². The minimum Gasteiger partial charge on any atom is -0.376 e. The largest absolute Gasteiger partial charge is 0.376 e. The maximum absolute atomic E-state index is 6.05. The predicted molar refractivity (Wildman–Crippen MR) is 107 cm³/mol. The van der Waals surface area contributed by atoms with E-state index >= 15 is 0 Å². The van der Waals surface area contributed by atoms with Gasteiger partial charge in [-0.3, -0.25) is 4.98 Å². The molecule has 0 bridgehead atoms. The summed E-state index contributed by atoms with van der Waals surface area (Å²) in [5.74, 6) is 1.01. The van der Waals surface area contributed by atoms with Crippen molar-refractivity contribution in [2.45, 2.75) is 50.7 Å². The number of aryl methyl sites for hydroxylation is 1. The van der Waals surface area contributed by atoms with Crippen LogP contribution in [0.1, 0.15) is 38.7 Å². The molecule has 3 heterocycles. The zero-order valence-electron chi connectivity index (χ0n) is 16.1. The van der Waals surface area contributed by atoms with E-state index in [9.17, 15) is 0 Å². The van der Waals surface area contributed by atoms with Crippen molar-refractivity contribution in [3.05, 3.63) is 72.8 Å². The van der Waals surface area contributed by atoms with Crippen molar-refractivity contribution in [3.63, 3.8) is 0 Å². The third kappa shape index (κ3) is 3.81. The summed E-state index contributed by atoms with van der Waals surface area (Å²) in [5.41, 5.74) is 2.56. The fraction of sp³-hybridized carbons (Fsp3) is 0.391. The van der Waals surface area contributed by atoms with Gasteiger partial charge in [-0.15, -0.1) is 0 Å². The monoisotopic (exact) mass is 361 g/mol. The van der Waals surface area contributed by atoms with Gasteiger partial charge < -0.3 is 9.30 Å². The van der Waals surface area contributed by atoms with Crippen molar-refractivity contribution < 1.29 is 4.74 Å². The Labute approximate surface area is 161 Å². The molecule has 1 saturated heterocycles. The maximum Gasteiger partial charge on any atom is 0.139 e. The smallest absolute Gasteiger partial charge is 0.139 e. The van der Waals surface area contributed by atoms with Gasteiger partial charge in [0.05, 0.1) is 5.60 Å². The minimum absolute atomic E-state index is 0.100. The molecule has 4 rings (SSSR count). The Morgan fingerprint density at radius 2 is 1.81 bits per heavy atom. The minimum atomic E-state index is -0.100. The Kier molecular flexibility index (Phi) is 4.83. The fourth-order valence-corrected chi connectivity index (χ4v) is 4.46. The second kappa shape index (κ2) is 7.28. The SMILES string of the molecule is CC1(C)CC(CCn2ccnc2-c2ccncc2)(c2ccccc2)CCO1. The topological polar surface area (TPSA) is 39.9 Å². The van der Waals surface area contributed by atoms with Gasteiger partial charge in [0, 0.05) is 48.9 Å². The Morgan fingerprint density at radius 3 is 2.56 bits per heavy atom. The third-order valence-electron chi connectivity index (χ3n) is 5.71. The summed E-state index contributed by atoms with van der Waals surface area (Å²) in [6.07, 6.45) is 10.8. The lowest BCUT2D eigenvalue weighted by Crippen LogP contribution is -2.44. The molecule has 1 unspecified atom stereocenters. The van der Waals surface area contributed by atoms with E-state index in [0.717, 1.165) is 43.8 Å². The quantitative estimate of drug-likeness (QED) is 0.651. The van der Waals surface area contributed by atoms with Crippen molar-refractivity contribution in [1.29, 1.82) is 0 Å². The van der Waals surface area contributed by atoms with Gasteiger partial charge in [-0.05, 0) is 50.8 Å². The molecule has 0 saturated carbocycles. The molecular weight excluding hydrogens is 334 g/mol. The number of hydrogen-bond donors (Lipinski definition) is 0. The molecule has 27 heavy (non-hydrogen) atoms. The molecule has 0 amide bonds. The van der Waals surface area contributed by atoms with Crippen molar-refractivity contribution in [2.75, 3.05) is 6.61 Å². The number of nitrogens with zero attached hydrogens (tertiary/aromatic N) is 3. The van der Waals surface area contributed by atoms with Crippen molar-refractivity contribution in [3.8, 4) is 11.4 Å². The number of hydrogen-bond acceptors (Lipinski definition) is 3. The van der Waals surface area contributed by atoms with Crippen molar-refractivity contribution in [1.82, 2.24) is 14.5 Å². The highest BCUT2D eigenvalue weighted by atomic mass is 16.5. The molecule has 3 aromatic rings. The van der Waals surface area contributed by atoms with Crippen LogP contribution >= 0.6 is 0 Å². The standard InChI is InChI=1S/C23H27N3O/c1-22(2)18-23(11-17-27-22,20-6-4-3-5-7-20)10-15-26-16-14-25-21(26)19-8-12-24-13-9-19/h3-9,12-14,16H,10-11,15,17-18H2,1-2H3. The first-order chi connectivity index (χ1) is 13.1. The van der Waals surface area contributed by atoms with Gasteiger partial charge in [0.2, 0.25) is 0 Å². The molecule has 0 N–H and O–H groups in total. The third-order valence-corrected chi connectivity index (χ3v) is 5.71. The molecule has 0 spiro atoms. The molecule has 1 atom stereocenters. The first-order valence-corrected chi connectivity index (χ1v) is 9.69. The van der Waals surface area contributed by atoms with E-state index < -0.39 is 0 Å². The van der Waals surface area contributed by atoms with Crippen LogP contribution in [-0.2, 0) is 16.7 Å². The number of pyridine rings is 1. The van der Waals surface area contributed by atoms with Gasteiger partial charge in [-0.1, -0.05) is 30.3 Å². The van der Waals surface area contributed by atoms with E-state index in [1.54, 1.807) is 0 Å². The lowest BCUT2D eigenvalue weighted by Gasteiger charge is -2.45. The Balaban J connectivity index is 1.62. The molecule has 1 aliphatic rings. The highest BCUT2D eigenvalue weighted by Gasteiger charge is 2.41. The highest BCUT2D eigenvalue weighted by Crippen LogP contribution is 2.44. The molecule has 1 aromatic carbocycles. The Hall–Kier alpha value is -2.46. The maximum atomic E-state index is 6.05. The first kappa shape index (κ1) is 17.9. The molecule has 140 valence electrons. The zero-order chi connectivity index (χ0) is 18.7. The lowest BCUT2D eigenvalue weighted by molar-refractivity contribution is -0.0848. The van der Waals surface area contributed by atoms with Crippen molar-refractivity contribution in [2.24, 2.45) is 0 Å². The summed E-state index contributed by atoms with van der Waals surface area (Å²) < 4.78 is 8.31. The average Bonchev–Trinajstić information content (AvgIpc) is 3.16. The van der Waals surface area contributed by atoms with Crippen LogP contribution in [0.4, 0.5) is 0 Å². The van der Waals surface area contributed by atoms with Crippen LogP contribution in [-0.4, -0.2) is 26.7 Å². The van der Waals surface area contributed by atoms with Crippen LogP contribution < -0.4 is 0 Å². The summed E-state index contributed by atoms with van der Waals surface area (Å²) in [6.45, 7) is 6.17. The van der Waals surface area contributed by atoms with E-state index in [2.05, 4.69) is 64.9 Å². The van der Waals surface area contributed by atoms with Crippen LogP contribution in [0, 0.1) is 0 Å². The normalized spacial score (nSPS) is 21.9. The second-order valence-corrected chi connectivity index (χ2v) is 8.11. The molecular formula is C23H27N3O. The molecule has 1 aliphatic heterocycles. The number of benzene rings is 1. The summed E-state index contributed by atoms with van der Waals surface area (Å²) in [6, 6.07) is 15.0. The lowest BCUT2D eigenvalue weighted by atomic mass is 9.67. The Morgan fingerprint density at radius 1 is 1.04 bits per heavy atom. The van der Waals surface area contributed by atoms with Crippen LogP contribution in [0.2, 0.25) is 0 Å². The van der Waals surface area contributed by atoms with E-state index in [4.69, 9.17) is 4.74 Å². The number of rotatable bonds is 5. The van der Waals surface area contributed by atoms with Gasteiger partial charge in [0.1, 0.15) is 5.82 Å². The van der Waals surface area contributed by atoms with Gasteiger partial charge in [0.25, 0.3) is 0 Å². The van der Waals surface area contributed by atoms with Gasteiger partial charge >= 0.3 is 0 Å². The Bertz CT molecular complexity index is 873. The summed E-state index contributed by atoms with van der Waals surface area (Å²) in [5, 5.41) is 0. The molecule has 4 nitrogen and oxygen atoms in total. The average molecular weight is 361 g/mol. The number of ether oxygens (including phenoxy) is 1. The summed E-state index contributed by atoms with van der Waals surface area (Å²) in [7, 11) is 0.